The number of rotatable bonds is 1. The van der Waals surface area contributed by atoms with Crippen LogP contribution in [-0.2, 0) is 7.05 Å². The zero-order chi connectivity index (χ0) is 12.9. The zero-order valence-electron chi connectivity index (χ0n) is 9.88. The number of phenols is 1. The van der Waals surface area contributed by atoms with Gasteiger partial charge in [-0.05, 0) is 18.2 Å². The van der Waals surface area contributed by atoms with Gasteiger partial charge in [0.2, 0.25) is 0 Å². The third-order valence-corrected chi connectivity index (χ3v) is 3.41. The van der Waals surface area contributed by atoms with E-state index in [0.717, 1.165) is 0 Å². The maximum Gasteiger partial charge on any atom is 0.331 e. The number of benzene rings is 1. The lowest BCUT2D eigenvalue weighted by Crippen LogP contribution is -2.53. The minimum Gasteiger partial charge on any atom is -0.508 e. The van der Waals surface area contributed by atoms with Crippen LogP contribution in [0.4, 0.5) is 0 Å². The summed E-state index contributed by atoms with van der Waals surface area (Å²) in [5, 5.41) is 12.9. The molecule has 2 heterocycles. The Kier molecular flexibility index (Phi) is 2.27. The van der Waals surface area contributed by atoms with Crippen LogP contribution < -0.4 is 16.6 Å². The van der Waals surface area contributed by atoms with E-state index < -0.39 is 0 Å². The molecule has 0 atom stereocenters. The van der Waals surface area contributed by atoms with Gasteiger partial charge in [-0.1, -0.05) is 0 Å². The van der Waals surface area contributed by atoms with Crippen LogP contribution in [0, 0.1) is 0 Å². The standard InChI is InChI=1S/C12H13N3O3/c1-14-10-3-2-8(16)4-9(10)11(17)15(12(14)18)7-5-13-6-7/h2-4,7,13,16H,5-6H2,1H3. The van der Waals surface area contributed by atoms with E-state index in [1.165, 1.54) is 21.3 Å². The number of fused-ring (bicyclic) bond motifs is 1. The Morgan fingerprint density at radius 3 is 2.67 bits per heavy atom. The van der Waals surface area contributed by atoms with Gasteiger partial charge in [-0.2, -0.15) is 0 Å². The van der Waals surface area contributed by atoms with Crippen LogP contribution in [0.15, 0.2) is 27.8 Å². The highest BCUT2D eigenvalue weighted by molar-refractivity contribution is 5.79. The predicted molar refractivity (Wildman–Crippen MR) is 67.0 cm³/mol. The van der Waals surface area contributed by atoms with Gasteiger partial charge in [-0.15, -0.1) is 0 Å². The van der Waals surface area contributed by atoms with Crippen molar-refractivity contribution in [3.05, 3.63) is 39.0 Å². The van der Waals surface area contributed by atoms with Gasteiger partial charge in [0.25, 0.3) is 5.56 Å². The second kappa shape index (κ2) is 3.71. The number of hydrogen-bond donors (Lipinski definition) is 2. The molecule has 94 valence electrons. The average Bonchev–Trinajstić information content (AvgIpc) is 2.29. The van der Waals surface area contributed by atoms with E-state index in [2.05, 4.69) is 5.32 Å². The first-order chi connectivity index (χ1) is 8.59. The van der Waals surface area contributed by atoms with Crippen molar-refractivity contribution in [2.75, 3.05) is 13.1 Å². The Bertz CT molecular complexity index is 741. The molecule has 0 radical (unpaired) electrons. The lowest BCUT2D eigenvalue weighted by Gasteiger charge is -2.28. The van der Waals surface area contributed by atoms with Gasteiger partial charge in [0.05, 0.1) is 16.9 Å². The SMILES string of the molecule is Cn1c(=O)n(C2CNC2)c(=O)c2cc(O)ccc21. The molecular weight excluding hydrogens is 234 g/mol. The monoisotopic (exact) mass is 247 g/mol. The van der Waals surface area contributed by atoms with Gasteiger partial charge >= 0.3 is 5.69 Å². The Hall–Kier alpha value is -2.08. The van der Waals surface area contributed by atoms with E-state index in [-0.39, 0.29) is 23.0 Å². The first-order valence-electron chi connectivity index (χ1n) is 5.74. The first kappa shape index (κ1) is 11.0. The summed E-state index contributed by atoms with van der Waals surface area (Å²) < 4.78 is 2.70. The molecule has 18 heavy (non-hydrogen) atoms. The lowest BCUT2D eigenvalue weighted by atomic mass is 10.1. The van der Waals surface area contributed by atoms with Crippen LogP contribution in [0.3, 0.4) is 0 Å². The summed E-state index contributed by atoms with van der Waals surface area (Å²) in [6, 6.07) is 4.36. The lowest BCUT2D eigenvalue weighted by molar-refractivity contribution is 0.323. The fourth-order valence-electron chi connectivity index (χ4n) is 2.25. The molecular formula is C12H13N3O3. The van der Waals surface area contributed by atoms with Crippen molar-refractivity contribution in [1.29, 1.82) is 0 Å². The third-order valence-electron chi connectivity index (χ3n) is 3.41. The average molecular weight is 247 g/mol. The Balaban J connectivity index is 2.44. The van der Waals surface area contributed by atoms with Crippen molar-refractivity contribution in [3.63, 3.8) is 0 Å². The molecule has 2 aromatic rings. The molecule has 1 aliphatic rings. The summed E-state index contributed by atoms with van der Waals surface area (Å²) in [5.41, 5.74) is -0.119. The van der Waals surface area contributed by atoms with Crippen molar-refractivity contribution in [2.24, 2.45) is 7.05 Å². The highest BCUT2D eigenvalue weighted by Gasteiger charge is 2.24. The fourth-order valence-corrected chi connectivity index (χ4v) is 2.25. The van der Waals surface area contributed by atoms with E-state index in [1.807, 2.05) is 0 Å². The molecule has 1 aliphatic heterocycles. The summed E-state index contributed by atoms with van der Waals surface area (Å²) >= 11 is 0. The zero-order valence-corrected chi connectivity index (χ0v) is 9.88. The largest absolute Gasteiger partial charge is 0.508 e. The Labute approximate surface area is 102 Å². The topological polar surface area (TPSA) is 76.3 Å². The van der Waals surface area contributed by atoms with Gasteiger partial charge in [0, 0.05) is 20.1 Å². The number of aromatic hydroxyl groups is 1. The minimum atomic E-state index is -0.337. The highest BCUT2D eigenvalue weighted by Crippen LogP contribution is 2.16. The molecule has 0 saturated carbocycles. The molecule has 0 aliphatic carbocycles. The minimum absolute atomic E-state index is 0.0246. The van der Waals surface area contributed by atoms with Crippen LogP contribution in [0.1, 0.15) is 6.04 Å². The van der Waals surface area contributed by atoms with E-state index in [4.69, 9.17) is 0 Å². The first-order valence-corrected chi connectivity index (χ1v) is 5.74. The molecule has 1 fully saturated rings. The van der Waals surface area contributed by atoms with E-state index in [0.29, 0.717) is 24.0 Å². The van der Waals surface area contributed by atoms with Crippen LogP contribution in [0.2, 0.25) is 0 Å². The van der Waals surface area contributed by atoms with Gasteiger partial charge in [-0.3, -0.25) is 13.9 Å². The number of nitrogens with zero attached hydrogens (tertiary/aromatic N) is 2. The maximum atomic E-state index is 12.3. The highest BCUT2D eigenvalue weighted by atomic mass is 16.3. The number of aromatic nitrogens is 2. The predicted octanol–water partition coefficient (Wildman–Crippen LogP) is -0.450. The molecule has 0 unspecified atom stereocenters. The molecule has 1 aromatic carbocycles. The van der Waals surface area contributed by atoms with Crippen molar-refractivity contribution < 1.29 is 5.11 Å². The number of hydrogen-bond acceptors (Lipinski definition) is 4. The van der Waals surface area contributed by atoms with E-state index >= 15 is 0 Å². The van der Waals surface area contributed by atoms with Crippen LogP contribution in [0.5, 0.6) is 5.75 Å². The number of phenolic OH excluding ortho intramolecular Hbond substituents is 1. The second-order valence-electron chi connectivity index (χ2n) is 4.53. The third kappa shape index (κ3) is 1.39. The molecule has 1 saturated heterocycles. The van der Waals surface area contributed by atoms with Crippen LogP contribution >= 0.6 is 0 Å². The van der Waals surface area contributed by atoms with Gasteiger partial charge < -0.3 is 10.4 Å². The Morgan fingerprint density at radius 2 is 2.06 bits per heavy atom. The molecule has 0 bridgehead atoms. The molecule has 6 nitrogen and oxygen atoms in total. The normalized spacial score (nSPS) is 15.8. The van der Waals surface area contributed by atoms with Gasteiger partial charge in [0.1, 0.15) is 5.75 Å². The number of nitrogens with one attached hydrogen (secondary N) is 1. The maximum absolute atomic E-state index is 12.3. The van der Waals surface area contributed by atoms with Crippen molar-refractivity contribution in [2.45, 2.75) is 6.04 Å². The molecule has 3 rings (SSSR count). The molecule has 1 aromatic heterocycles. The summed E-state index contributed by atoms with van der Waals surface area (Å²) in [5.74, 6) is 0.0246. The van der Waals surface area contributed by atoms with Crippen molar-refractivity contribution >= 4 is 10.9 Å². The summed E-state index contributed by atoms with van der Waals surface area (Å²) in [7, 11) is 1.63. The molecule has 0 amide bonds. The quantitative estimate of drug-likeness (QED) is 0.715. The second-order valence-corrected chi connectivity index (χ2v) is 4.53. The summed E-state index contributed by atoms with van der Waals surface area (Å²) in [6.07, 6.45) is 0. The van der Waals surface area contributed by atoms with Crippen molar-refractivity contribution in [3.8, 4) is 5.75 Å². The fraction of sp³-hybridized carbons (Fsp3) is 0.333. The van der Waals surface area contributed by atoms with Crippen molar-refractivity contribution in [1.82, 2.24) is 14.5 Å². The van der Waals surface area contributed by atoms with Gasteiger partial charge in [0.15, 0.2) is 0 Å². The van der Waals surface area contributed by atoms with E-state index in [9.17, 15) is 14.7 Å². The molecule has 6 heteroatoms. The summed E-state index contributed by atoms with van der Waals surface area (Å²) in [4.78, 5) is 24.5. The Morgan fingerprint density at radius 1 is 1.33 bits per heavy atom. The van der Waals surface area contributed by atoms with Gasteiger partial charge in [-0.25, -0.2) is 4.79 Å². The summed E-state index contributed by atoms with van der Waals surface area (Å²) in [6.45, 7) is 1.25. The van der Waals surface area contributed by atoms with Crippen LogP contribution in [0.25, 0.3) is 10.9 Å². The molecule has 2 N–H and O–H groups in total. The smallest absolute Gasteiger partial charge is 0.331 e. The van der Waals surface area contributed by atoms with E-state index in [1.54, 1.807) is 13.1 Å². The number of aryl methyl sites for hydroxylation is 1. The van der Waals surface area contributed by atoms with Crippen LogP contribution in [-0.4, -0.2) is 27.3 Å². The molecule has 0 spiro atoms.